The molecule has 27 heavy (non-hydrogen) atoms. The highest BCUT2D eigenvalue weighted by atomic mass is 32.2. The lowest BCUT2D eigenvalue weighted by Gasteiger charge is -2.44. The number of benzene rings is 1. The number of carbonyl (C=O) groups excluding carboxylic acids is 2. The number of amides is 2. The lowest BCUT2D eigenvalue weighted by molar-refractivity contribution is -0.136. The number of piperidine rings is 1. The highest BCUT2D eigenvalue weighted by Gasteiger charge is 2.46. The van der Waals surface area contributed by atoms with Gasteiger partial charge in [-0.1, -0.05) is 51.1 Å². The quantitative estimate of drug-likeness (QED) is 0.737. The molecule has 2 aliphatic rings. The SMILES string of the molecule is CC(C)(C)CC(=O)N1CCC2(CC1)SCCN2C(=O)C=Cc1ccccc1. The molecular formula is C22H30N2O2S. The normalized spacial score (nSPS) is 19.8. The van der Waals surface area contributed by atoms with Gasteiger partial charge in [-0.3, -0.25) is 9.59 Å². The summed E-state index contributed by atoms with van der Waals surface area (Å²) < 4.78 is 0. The van der Waals surface area contributed by atoms with Crippen molar-refractivity contribution >= 4 is 29.7 Å². The van der Waals surface area contributed by atoms with Crippen LogP contribution in [0.5, 0.6) is 0 Å². The van der Waals surface area contributed by atoms with Crippen molar-refractivity contribution < 1.29 is 9.59 Å². The van der Waals surface area contributed by atoms with Crippen LogP contribution in [-0.2, 0) is 9.59 Å². The Kier molecular flexibility index (Phi) is 5.99. The minimum absolute atomic E-state index is 0.0125. The molecule has 2 amide bonds. The van der Waals surface area contributed by atoms with Crippen LogP contribution in [0.15, 0.2) is 36.4 Å². The molecule has 2 saturated heterocycles. The van der Waals surface area contributed by atoms with Crippen LogP contribution in [0.3, 0.4) is 0 Å². The zero-order chi connectivity index (χ0) is 19.5. The average Bonchev–Trinajstić information content (AvgIpc) is 3.03. The zero-order valence-electron chi connectivity index (χ0n) is 16.6. The van der Waals surface area contributed by atoms with Crippen LogP contribution in [-0.4, -0.2) is 51.9 Å². The molecule has 2 fully saturated rings. The van der Waals surface area contributed by atoms with E-state index in [9.17, 15) is 9.59 Å². The Bertz CT molecular complexity index is 701. The Morgan fingerprint density at radius 2 is 1.78 bits per heavy atom. The average molecular weight is 387 g/mol. The maximum atomic E-state index is 12.8. The summed E-state index contributed by atoms with van der Waals surface area (Å²) in [5.74, 6) is 1.29. The van der Waals surface area contributed by atoms with E-state index in [0.29, 0.717) is 6.42 Å². The summed E-state index contributed by atoms with van der Waals surface area (Å²) in [5.41, 5.74) is 1.05. The first-order chi connectivity index (χ1) is 12.8. The van der Waals surface area contributed by atoms with E-state index in [1.54, 1.807) is 6.08 Å². The Morgan fingerprint density at radius 3 is 2.41 bits per heavy atom. The molecule has 0 bridgehead atoms. The van der Waals surface area contributed by atoms with E-state index < -0.39 is 0 Å². The van der Waals surface area contributed by atoms with Gasteiger partial charge in [0.25, 0.3) is 0 Å². The van der Waals surface area contributed by atoms with Crippen LogP contribution in [0, 0.1) is 5.41 Å². The van der Waals surface area contributed by atoms with Gasteiger partial charge in [0.2, 0.25) is 11.8 Å². The van der Waals surface area contributed by atoms with Gasteiger partial charge < -0.3 is 9.80 Å². The fraction of sp³-hybridized carbons (Fsp3) is 0.545. The van der Waals surface area contributed by atoms with E-state index >= 15 is 0 Å². The minimum atomic E-state index is -0.142. The molecule has 2 aliphatic heterocycles. The lowest BCUT2D eigenvalue weighted by atomic mass is 9.91. The second kappa shape index (κ2) is 8.09. The van der Waals surface area contributed by atoms with E-state index in [-0.39, 0.29) is 22.1 Å². The number of hydrogen-bond acceptors (Lipinski definition) is 3. The maximum Gasteiger partial charge on any atom is 0.247 e. The summed E-state index contributed by atoms with van der Waals surface area (Å²) in [6.07, 6.45) is 5.88. The Balaban J connectivity index is 1.62. The van der Waals surface area contributed by atoms with E-state index in [4.69, 9.17) is 0 Å². The number of thioether (sulfide) groups is 1. The smallest absolute Gasteiger partial charge is 0.247 e. The van der Waals surface area contributed by atoms with Gasteiger partial charge >= 0.3 is 0 Å². The number of carbonyl (C=O) groups is 2. The van der Waals surface area contributed by atoms with Gasteiger partial charge in [-0.2, -0.15) is 0 Å². The molecule has 0 aromatic heterocycles. The van der Waals surface area contributed by atoms with Gasteiger partial charge in [-0.15, -0.1) is 11.8 Å². The Labute approximate surface area is 167 Å². The molecule has 0 aliphatic carbocycles. The van der Waals surface area contributed by atoms with Gasteiger partial charge in [0.05, 0.1) is 4.87 Å². The second-order valence-corrected chi connectivity index (χ2v) is 10.1. The third kappa shape index (κ3) is 4.95. The van der Waals surface area contributed by atoms with Crippen molar-refractivity contribution in [1.82, 2.24) is 9.80 Å². The highest BCUT2D eigenvalue weighted by molar-refractivity contribution is 8.00. The van der Waals surface area contributed by atoms with Crippen LogP contribution in [0.25, 0.3) is 6.08 Å². The monoisotopic (exact) mass is 386 g/mol. The van der Waals surface area contributed by atoms with Crippen molar-refractivity contribution in [3.8, 4) is 0 Å². The fourth-order valence-corrected chi connectivity index (χ4v) is 5.29. The predicted molar refractivity (Wildman–Crippen MR) is 112 cm³/mol. The summed E-state index contributed by atoms with van der Waals surface area (Å²) >= 11 is 1.88. The standard InChI is InChI=1S/C22H30N2O2S/c1-21(2,3)17-20(26)23-13-11-22(12-14-23)24(15-16-27-22)19(25)10-9-18-7-5-4-6-8-18/h4-10H,11-17H2,1-3H3. The van der Waals surface area contributed by atoms with Crippen molar-refractivity contribution in [3.05, 3.63) is 42.0 Å². The van der Waals surface area contributed by atoms with Crippen molar-refractivity contribution in [2.24, 2.45) is 5.41 Å². The molecule has 3 rings (SSSR count). The minimum Gasteiger partial charge on any atom is -0.342 e. The number of likely N-dealkylation sites (tertiary alicyclic amines) is 1. The Hall–Kier alpha value is -1.75. The summed E-state index contributed by atoms with van der Waals surface area (Å²) in [6.45, 7) is 8.58. The first-order valence-electron chi connectivity index (χ1n) is 9.76. The molecule has 4 nitrogen and oxygen atoms in total. The molecule has 0 radical (unpaired) electrons. The largest absolute Gasteiger partial charge is 0.342 e. The van der Waals surface area contributed by atoms with Crippen LogP contribution >= 0.6 is 11.8 Å². The van der Waals surface area contributed by atoms with Crippen LogP contribution in [0.1, 0.15) is 45.6 Å². The summed E-state index contributed by atoms with van der Waals surface area (Å²) in [6, 6.07) is 9.92. The molecule has 0 atom stereocenters. The van der Waals surface area contributed by atoms with Gasteiger partial charge in [0.15, 0.2) is 0 Å². The summed E-state index contributed by atoms with van der Waals surface area (Å²) in [7, 11) is 0. The summed E-state index contributed by atoms with van der Waals surface area (Å²) in [5, 5.41) is 0. The van der Waals surface area contributed by atoms with Crippen LogP contribution in [0.2, 0.25) is 0 Å². The summed E-state index contributed by atoms with van der Waals surface area (Å²) in [4.78, 5) is 29.2. The van der Waals surface area contributed by atoms with Gasteiger partial charge in [-0.25, -0.2) is 0 Å². The van der Waals surface area contributed by atoms with Gasteiger partial charge in [0.1, 0.15) is 0 Å². The molecular weight excluding hydrogens is 356 g/mol. The molecule has 0 saturated carbocycles. The van der Waals surface area contributed by atoms with Crippen LogP contribution < -0.4 is 0 Å². The molecule has 1 aromatic rings. The van der Waals surface area contributed by atoms with E-state index in [0.717, 1.165) is 43.8 Å². The molecule has 146 valence electrons. The van der Waals surface area contributed by atoms with Crippen molar-refractivity contribution in [1.29, 1.82) is 0 Å². The number of nitrogens with zero attached hydrogens (tertiary/aromatic N) is 2. The lowest BCUT2D eigenvalue weighted by Crippen LogP contribution is -2.53. The maximum absolute atomic E-state index is 12.8. The predicted octanol–water partition coefficient (Wildman–Crippen LogP) is 4.03. The Morgan fingerprint density at radius 1 is 1.11 bits per heavy atom. The van der Waals surface area contributed by atoms with E-state index in [1.165, 1.54) is 0 Å². The molecule has 2 heterocycles. The van der Waals surface area contributed by atoms with E-state index in [2.05, 4.69) is 20.8 Å². The first-order valence-corrected chi connectivity index (χ1v) is 10.7. The topological polar surface area (TPSA) is 40.6 Å². The number of rotatable bonds is 3. The molecule has 0 N–H and O–H groups in total. The second-order valence-electron chi connectivity index (χ2n) is 8.65. The van der Waals surface area contributed by atoms with Gasteiger partial charge in [0, 0.05) is 37.9 Å². The van der Waals surface area contributed by atoms with E-state index in [1.807, 2.05) is 58.0 Å². The third-order valence-corrected chi connectivity index (χ3v) is 6.79. The first kappa shape index (κ1) is 20.0. The van der Waals surface area contributed by atoms with Crippen LogP contribution in [0.4, 0.5) is 0 Å². The molecule has 5 heteroatoms. The molecule has 1 aromatic carbocycles. The molecule has 1 spiro atoms. The molecule has 0 unspecified atom stereocenters. The third-order valence-electron chi connectivity index (χ3n) is 5.24. The zero-order valence-corrected chi connectivity index (χ0v) is 17.4. The van der Waals surface area contributed by atoms with Gasteiger partial charge in [-0.05, 0) is 29.9 Å². The highest BCUT2D eigenvalue weighted by Crippen LogP contribution is 2.44. The van der Waals surface area contributed by atoms with Crippen molar-refractivity contribution in [2.45, 2.75) is 44.9 Å². The van der Waals surface area contributed by atoms with Crippen molar-refractivity contribution in [3.63, 3.8) is 0 Å². The number of hydrogen-bond donors (Lipinski definition) is 0. The van der Waals surface area contributed by atoms with Crippen molar-refractivity contribution in [2.75, 3.05) is 25.4 Å². The fourth-order valence-electron chi connectivity index (χ4n) is 3.83.